The number of nitrogens with zero attached hydrogens (tertiary/aromatic N) is 1. The molecular formula is C11H12ClN3O. The number of aromatic nitrogens is 2. The number of hydrogen-bond acceptors (Lipinski definition) is 2. The summed E-state index contributed by atoms with van der Waals surface area (Å²) in [4.78, 5) is 13.0. The largest absolute Gasteiger partial charge is 0.369 e. The Balaban J connectivity index is 2.11. The molecule has 0 spiro atoms. The second-order valence-corrected chi connectivity index (χ2v) is 4.05. The number of aromatic amines is 2. The Morgan fingerprint density at radius 1 is 1.25 bits per heavy atom. The Morgan fingerprint density at radius 3 is 2.50 bits per heavy atom. The van der Waals surface area contributed by atoms with Crippen molar-refractivity contribution in [3.05, 3.63) is 51.4 Å². The quantitative estimate of drug-likeness (QED) is 0.858. The second kappa shape index (κ2) is 4.45. The van der Waals surface area contributed by atoms with Gasteiger partial charge in [-0.15, -0.1) is 0 Å². The average Bonchev–Trinajstić information content (AvgIpc) is 2.65. The van der Waals surface area contributed by atoms with E-state index in [2.05, 4.69) is 10.2 Å². The number of nitrogens with one attached hydrogen (secondary N) is 2. The third-order valence-electron chi connectivity index (χ3n) is 2.33. The predicted molar refractivity (Wildman–Crippen MR) is 65.0 cm³/mol. The molecule has 0 amide bonds. The molecule has 0 radical (unpaired) electrons. The van der Waals surface area contributed by atoms with Crippen LogP contribution in [0.25, 0.3) is 0 Å². The molecule has 0 aliphatic rings. The molecule has 2 rings (SSSR count). The molecule has 4 nitrogen and oxygen atoms in total. The summed E-state index contributed by atoms with van der Waals surface area (Å²) in [6, 6.07) is 9.10. The zero-order valence-corrected chi connectivity index (χ0v) is 9.58. The fourth-order valence-corrected chi connectivity index (χ4v) is 1.63. The molecule has 0 saturated carbocycles. The lowest BCUT2D eigenvalue weighted by atomic mass is 10.3. The standard InChI is InChI=1S/C11H12ClN3O/c1-15(7-9-6-11(16)14-13-9)10-4-2-8(12)3-5-10/h2-6H,7H2,1H3,(H2,13,14,16). The van der Waals surface area contributed by atoms with Crippen molar-refractivity contribution in [2.24, 2.45) is 0 Å². The lowest BCUT2D eigenvalue weighted by Gasteiger charge is -2.18. The van der Waals surface area contributed by atoms with Gasteiger partial charge in [-0.3, -0.25) is 9.89 Å². The van der Waals surface area contributed by atoms with E-state index in [1.54, 1.807) is 6.07 Å². The van der Waals surface area contributed by atoms with Gasteiger partial charge in [0.25, 0.3) is 5.56 Å². The van der Waals surface area contributed by atoms with Crippen molar-refractivity contribution in [2.75, 3.05) is 11.9 Å². The van der Waals surface area contributed by atoms with Gasteiger partial charge in [-0.05, 0) is 24.3 Å². The lowest BCUT2D eigenvalue weighted by Crippen LogP contribution is -2.16. The van der Waals surface area contributed by atoms with Gasteiger partial charge in [0.1, 0.15) is 0 Å². The molecule has 1 heterocycles. The van der Waals surface area contributed by atoms with E-state index in [1.807, 2.05) is 36.2 Å². The fourth-order valence-electron chi connectivity index (χ4n) is 1.50. The highest BCUT2D eigenvalue weighted by atomic mass is 35.5. The summed E-state index contributed by atoms with van der Waals surface area (Å²) in [6.07, 6.45) is 0. The van der Waals surface area contributed by atoms with Crippen LogP contribution >= 0.6 is 11.6 Å². The molecule has 0 aliphatic carbocycles. The summed E-state index contributed by atoms with van der Waals surface area (Å²) in [5, 5.41) is 6.03. The first-order chi connectivity index (χ1) is 7.65. The van der Waals surface area contributed by atoms with Crippen molar-refractivity contribution in [3.63, 3.8) is 0 Å². The van der Waals surface area contributed by atoms with Crippen LogP contribution in [0.15, 0.2) is 35.1 Å². The Labute approximate surface area is 97.8 Å². The summed E-state index contributed by atoms with van der Waals surface area (Å²) in [5.41, 5.74) is 1.79. The van der Waals surface area contributed by atoms with E-state index in [9.17, 15) is 4.79 Å². The number of benzene rings is 1. The zero-order chi connectivity index (χ0) is 11.5. The van der Waals surface area contributed by atoms with E-state index >= 15 is 0 Å². The summed E-state index contributed by atoms with van der Waals surface area (Å²) in [6.45, 7) is 0.639. The summed E-state index contributed by atoms with van der Waals surface area (Å²) in [7, 11) is 1.95. The maximum Gasteiger partial charge on any atom is 0.264 e. The van der Waals surface area contributed by atoms with E-state index in [1.165, 1.54) is 0 Å². The monoisotopic (exact) mass is 237 g/mol. The minimum Gasteiger partial charge on any atom is -0.369 e. The van der Waals surface area contributed by atoms with E-state index in [4.69, 9.17) is 11.6 Å². The van der Waals surface area contributed by atoms with E-state index in [0.29, 0.717) is 11.6 Å². The molecule has 2 aromatic rings. The van der Waals surface area contributed by atoms with Crippen molar-refractivity contribution in [2.45, 2.75) is 6.54 Å². The van der Waals surface area contributed by atoms with Gasteiger partial charge < -0.3 is 10.00 Å². The van der Waals surface area contributed by atoms with Gasteiger partial charge in [-0.25, -0.2) is 0 Å². The fraction of sp³-hybridized carbons (Fsp3) is 0.182. The molecule has 0 bridgehead atoms. The summed E-state index contributed by atoms with van der Waals surface area (Å²) >= 11 is 5.81. The van der Waals surface area contributed by atoms with Gasteiger partial charge in [0.15, 0.2) is 0 Å². The molecule has 0 unspecified atom stereocenters. The topological polar surface area (TPSA) is 51.9 Å². The van der Waals surface area contributed by atoms with Crippen LogP contribution in [0.2, 0.25) is 5.02 Å². The second-order valence-electron chi connectivity index (χ2n) is 3.62. The molecule has 0 fully saturated rings. The third kappa shape index (κ3) is 2.46. The van der Waals surface area contributed by atoms with Crippen LogP contribution in [0.1, 0.15) is 5.69 Å². The molecular weight excluding hydrogens is 226 g/mol. The molecule has 2 N–H and O–H groups in total. The minimum atomic E-state index is -0.112. The third-order valence-corrected chi connectivity index (χ3v) is 2.58. The highest BCUT2D eigenvalue weighted by molar-refractivity contribution is 6.30. The van der Waals surface area contributed by atoms with Gasteiger partial charge in [-0.1, -0.05) is 11.6 Å². The van der Waals surface area contributed by atoms with Crippen molar-refractivity contribution in [3.8, 4) is 0 Å². The molecule has 1 aromatic heterocycles. The van der Waals surface area contributed by atoms with E-state index in [-0.39, 0.29) is 5.56 Å². The van der Waals surface area contributed by atoms with Gasteiger partial charge >= 0.3 is 0 Å². The number of rotatable bonds is 3. The molecule has 16 heavy (non-hydrogen) atoms. The Morgan fingerprint density at radius 2 is 1.94 bits per heavy atom. The molecule has 5 heteroatoms. The van der Waals surface area contributed by atoms with Gasteiger partial charge in [0, 0.05) is 23.8 Å². The van der Waals surface area contributed by atoms with Gasteiger partial charge in [0.05, 0.1) is 12.2 Å². The minimum absolute atomic E-state index is 0.112. The number of anilines is 1. The van der Waals surface area contributed by atoms with Crippen LogP contribution in [-0.2, 0) is 6.54 Å². The predicted octanol–water partition coefficient (Wildman–Crippen LogP) is 1.99. The van der Waals surface area contributed by atoms with Crippen molar-refractivity contribution in [1.82, 2.24) is 10.2 Å². The Hall–Kier alpha value is -1.68. The van der Waals surface area contributed by atoms with Gasteiger partial charge in [-0.2, -0.15) is 0 Å². The average molecular weight is 238 g/mol. The normalized spacial score (nSPS) is 10.4. The van der Waals surface area contributed by atoms with Crippen LogP contribution in [-0.4, -0.2) is 17.2 Å². The first-order valence-electron chi connectivity index (χ1n) is 4.88. The van der Waals surface area contributed by atoms with Crippen LogP contribution in [0.5, 0.6) is 0 Å². The maximum absolute atomic E-state index is 10.9. The van der Waals surface area contributed by atoms with Crippen LogP contribution in [0.3, 0.4) is 0 Å². The first-order valence-corrected chi connectivity index (χ1v) is 5.26. The van der Waals surface area contributed by atoms with Crippen LogP contribution < -0.4 is 10.5 Å². The molecule has 84 valence electrons. The van der Waals surface area contributed by atoms with Crippen LogP contribution in [0.4, 0.5) is 5.69 Å². The number of halogens is 1. The highest BCUT2D eigenvalue weighted by Crippen LogP contribution is 2.17. The van der Waals surface area contributed by atoms with Crippen molar-refractivity contribution >= 4 is 17.3 Å². The number of hydrogen-bond donors (Lipinski definition) is 2. The Kier molecular flexibility index (Phi) is 3.01. The summed E-state index contributed by atoms with van der Waals surface area (Å²) < 4.78 is 0. The maximum atomic E-state index is 10.9. The first kappa shape index (κ1) is 10.8. The van der Waals surface area contributed by atoms with Crippen LogP contribution in [0, 0.1) is 0 Å². The molecule has 1 aromatic carbocycles. The zero-order valence-electron chi connectivity index (χ0n) is 8.83. The molecule has 0 aliphatic heterocycles. The highest BCUT2D eigenvalue weighted by Gasteiger charge is 2.03. The lowest BCUT2D eigenvalue weighted by molar-refractivity contribution is 0.868. The van der Waals surface area contributed by atoms with Gasteiger partial charge in [0.2, 0.25) is 0 Å². The Bertz CT molecular complexity index is 515. The van der Waals surface area contributed by atoms with Crippen molar-refractivity contribution in [1.29, 1.82) is 0 Å². The number of H-pyrrole nitrogens is 2. The molecule has 0 atom stereocenters. The van der Waals surface area contributed by atoms with E-state index < -0.39 is 0 Å². The smallest absolute Gasteiger partial charge is 0.264 e. The van der Waals surface area contributed by atoms with Crippen molar-refractivity contribution < 1.29 is 0 Å². The summed E-state index contributed by atoms with van der Waals surface area (Å²) in [5.74, 6) is 0. The SMILES string of the molecule is CN(Cc1cc(=O)[nH][nH]1)c1ccc(Cl)cc1. The molecule has 0 saturated heterocycles. The van der Waals surface area contributed by atoms with E-state index in [0.717, 1.165) is 11.4 Å².